The van der Waals surface area contributed by atoms with Crippen LogP contribution in [0.5, 0.6) is 0 Å². The molecule has 2 aromatic carbocycles. The third-order valence-corrected chi connectivity index (χ3v) is 6.22. The first kappa shape index (κ1) is 20.2. The number of non-ortho nitro benzene ring substituents is 1. The van der Waals surface area contributed by atoms with Gasteiger partial charge in [0.25, 0.3) is 5.69 Å². The molecule has 1 fully saturated rings. The smallest absolute Gasteiger partial charge is 0.270 e. The summed E-state index contributed by atoms with van der Waals surface area (Å²) in [7, 11) is -3.69. The molecule has 0 radical (unpaired) electrons. The third-order valence-electron chi connectivity index (χ3n) is 5.08. The summed E-state index contributed by atoms with van der Waals surface area (Å²) in [5.41, 5.74) is 0.370. The lowest BCUT2D eigenvalue weighted by Crippen LogP contribution is -2.40. The molecule has 0 saturated carbocycles. The van der Waals surface area contributed by atoms with Gasteiger partial charge in [-0.05, 0) is 36.6 Å². The number of rotatable bonds is 6. The van der Waals surface area contributed by atoms with Crippen molar-refractivity contribution in [1.29, 1.82) is 0 Å². The van der Waals surface area contributed by atoms with E-state index in [4.69, 9.17) is 4.74 Å². The third kappa shape index (κ3) is 4.31. The Kier molecular flexibility index (Phi) is 5.66. The Labute approximate surface area is 162 Å². The molecular weight excluding hydrogens is 387 g/mol. The number of hydrogen-bond acceptors (Lipinski definition) is 6. The summed E-state index contributed by atoms with van der Waals surface area (Å²) in [4.78, 5) is 10.2. The van der Waals surface area contributed by atoms with E-state index in [1.807, 2.05) is 6.07 Å². The first-order valence-electron chi connectivity index (χ1n) is 8.77. The average Bonchev–Trinajstić information content (AvgIpc) is 2.66. The van der Waals surface area contributed by atoms with Gasteiger partial charge in [0.05, 0.1) is 15.5 Å². The monoisotopic (exact) mass is 408 g/mol. The summed E-state index contributed by atoms with van der Waals surface area (Å²) in [5.74, 6) is -0.337. The van der Waals surface area contributed by atoms with E-state index in [0.717, 1.165) is 17.9 Å². The fourth-order valence-electron chi connectivity index (χ4n) is 3.49. The van der Waals surface area contributed by atoms with Crippen molar-refractivity contribution in [3.63, 3.8) is 0 Å². The van der Waals surface area contributed by atoms with Crippen molar-refractivity contribution in [2.24, 2.45) is 0 Å². The van der Waals surface area contributed by atoms with Crippen LogP contribution in [0.15, 0.2) is 47.4 Å². The SMILES string of the molecule is CS(=O)(=O)c1cc([N+](=O)[O-])ccc1NCC1(c2cccc(F)c2)CCOCC1. The van der Waals surface area contributed by atoms with Gasteiger partial charge in [0.1, 0.15) is 5.82 Å². The number of anilines is 1. The molecule has 3 rings (SSSR count). The second-order valence-electron chi connectivity index (χ2n) is 6.97. The van der Waals surface area contributed by atoms with Crippen LogP contribution in [0.4, 0.5) is 15.8 Å². The van der Waals surface area contributed by atoms with Crippen LogP contribution in [0.1, 0.15) is 18.4 Å². The van der Waals surface area contributed by atoms with Crippen LogP contribution in [0.2, 0.25) is 0 Å². The number of nitrogens with zero attached hydrogens (tertiary/aromatic N) is 1. The van der Waals surface area contributed by atoms with E-state index in [1.54, 1.807) is 6.07 Å². The number of halogens is 1. The van der Waals surface area contributed by atoms with Crippen LogP contribution >= 0.6 is 0 Å². The molecule has 150 valence electrons. The minimum Gasteiger partial charge on any atom is -0.383 e. The Bertz CT molecular complexity index is 988. The van der Waals surface area contributed by atoms with E-state index < -0.39 is 20.2 Å². The summed E-state index contributed by atoms with van der Waals surface area (Å²) in [6, 6.07) is 10.1. The molecule has 2 aromatic rings. The van der Waals surface area contributed by atoms with Gasteiger partial charge in [0.2, 0.25) is 0 Å². The zero-order valence-electron chi connectivity index (χ0n) is 15.4. The van der Waals surface area contributed by atoms with Crippen molar-refractivity contribution >= 4 is 21.2 Å². The van der Waals surface area contributed by atoms with Crippen molar-refractivity contribution in [2.45, 2.75) is 23.2 Å². The quantitative estimate of drug-likeness (QED) is 0.582. The summed E-state index contributed by atoms with van der Waals surface area (Å²) < 4.78 is 43.5. The topological polar surface area (TPSA) is 98.5 Å². The molecule has 0 aromatic heterocycles. The molecule has 9 heteroatoms. The van der Waals surface area contributed by atoms with Crippen LogP contribution in [0.3, 0.4) is 0 Å². The predicted octanol–water partition coefficient (Wildman–Crippen LogP) is 3.30. The summed E-state index contributed by atoms with van der Waals surface area (Å²) >= 11 is 0. The molecule has 1 saturated heterocycles. The van der Waals surface area contributed by atoms with Crippen LogP contribution in [0, 0.1) is 15.9 Å². The molecule has 0 amide bonds. The Morgan fingerprint density at radius 2 is 1.93 bits per heavy atom. The van der Waals surface area contributed by atoms with E-state index in [9.17, 15) is 22.9 Å². The molecule has 1 aliphatic rings. The van der Waals surface area contributed by atoms with Crippen molar-refractivity contribution in [1.82, 2.24) is 0 Å². The first-order valence-corrected chi connectivity index (χ1v) is 10.7. The zero-order chi connectivity index (χ0) is 20.4. The molecule has 1 aliphatic heterocycles. The lowest BCUT2D eigenvalue weighted by atomic mass is 9.74. The van der Waals surface area contributed by atoms with Crippen molar-refractivity contribution in [3.8, 4) is 0 Å². The number of nitrogens with one attached hydrogen (secondary N) is 1. The Morgan fingerprint density at radius 3 is 2.54 bits per heavy atom. The maximum atomic E-state index is 13.8. The molecule has 0 aliphatic carbocycles. The summed E-state index contributed by atoms with van der Waals surface area (Å²) in [5, 5.41) is 14.1. The molecular formula is C19H21FN2O5S. The van der Waals surface area contributed by atoms with E-state index >= 15 is 0 Å². The zero-order valence-corrected chi connectivity index (χ0v) is 16.2. The van der Waals surface area contributed by atoms with Crippen LogP contribution in [-0.4, -0.2) is 39.4 Å². The summed E-state index contributed by atoms with van der Waals surface area (Å²) in [6.07, 6.45) is 2.29. The molecule has 1 N–H and O–H groups in total. The maximum Gasteiger partial charge on any atom is 0.270 e. The number of benzene rings is 2. The van der Waals surface area contributed by atoms with Gasteiger partial charge in [-0.1, -0.05) is 12.1 Å². The fraction of sp³-hybridized carbons (Fsp3) is 0.368. The number of nitro groups is 1. The van der Waals surface area contributed by atoms with Crippen LogP contribution in [-0.2, 0) is 20.0 Å². The molecule has 0 spiro atoms. The van der Waals surface area contributed by atoms with Gasteiger partial charge in [-0.15, -0.1) is 0 Å². The van der Waals surface area contributed by atoms with Crippen molar-refractivity contribution < 1.29 is 22.5 Å². The van der Waals surface area contributed by atoms with E-state index in [1.165, 1.54) is 24.3 Å². The lowest BCUT2D eigenvalue weighted by molar-refractivity contribution is -0.385. The maximum absolute atomic E-state index is 13.8. The predicted molar refractivity (Wildman–Crippen MR) is 103 cm³/mol. The van der Waals surface area contributed by atoms with Gasteiger partial charge in [0, 0.05) is 43.6 Å². The highest BCUT2D eigenvalue weighted by molar-refractivity contribution is 7.90. The highest BCUT2D eigenvalue weighted by Crippen LogP contribution is 2.36. The summed E-state index contributed by atoms with van der Waals surface area (Å²) in [6.45, 7) is 1.37. The molecule has 0 atom stereocenters. The van der Waals surface area contributed by atoms with Gasteiger partial charge in [0.15, 0.2) is 9.84 Å². The second-order valence-corrected chi connectivity index (χ2v) is 8.95. The normalized spacial score (nSPS) is 16.5. The molecule has 0 bridgehead atoms. The highest BCUT2D eigenvalue weighted by atomic mass is 32.2. The van der Waals surface area contributed by atoms with E-state index in [2.05, 4.69) is 5.32 Å². The second kappa shape index (κ2) is 7.84. The van der Waals surface area contributed by atoms with Gasteiger partial charge in [-0.25, -0.2) is 12.8 Å². The first-order chi connectivity index (χ1) is 13.2. The van der Waals surface area contributed by atoms with Gasteiger partial charge < -0.3 is 10.1 Å². The van der Waals surface area contributed by atoms with Gasteiger partial charge in [-0.3, -0.25) is 10.1 Å². The van der Waals surface area contributed by atoms with Crippen molar-refractivity contribution in [3.05, 3.63) is 64.0 Å². The molecule has 7 nitrogen and oxygen atoms in total. The Morgan fingerprint density at radius 1 is 1.21 bits per heavy atom. The fourth-order valence-corrected chi connectivity index (χ4v) is 4.36. The number of hydrogen-bond donors (Lipinski definition) is 1. The Hall–Kier alpha value is -2.52. The minimum atomic E-state index is -3.69. The minimum absolute atomic E-state index is 0.136. The van der Waals surface area contributed by atoms with Gasteiger partial charge in [-0.2, -0.15) is 0 Å². The van der Waals surface area contributed by atoms with Crippen molar-refractivity contribution in [2.75, 3.05) is 31.3 Å². The van der Waals surface area contributed by atoms with E-state index in [-0.39, 0.29) is 22.1 Å². The highest BCUT2D eigenvalue weighted by Gasteiger charge is 2.35. The number of ether oxygens (including phenoxy) is 1. The van der Waals surface area contributed by atoms with Crippen LogP contribution < -0.4 is 5.32 Å². The molecule has 1 heterocycles. The van der Waals surface area contributed by atoms with Crippen LogP contribution in [0.25, 0.3) is 0 Å². The largest absolute Gasteiger partial charge is 0.383 e. The number of sulfone groups is 1. The number of nitro benzene ring substituents is 1. The lowest BCUT2D eigenvalue weighted by Gasteiger charge is -2.38. The average molecular weight is 408 g/mol. The Balaban J connectivity index is 1.95. The molecule has 28 heavy (non-hydrogen) atoms. The van der Waals surface area contributed by atoms with E-state index in [0.29, 0.717) is 32.6 Å². The van der Waals surface area contributed by atoms with Gasteiger partial charge >= 0.3 is 0 Å². The molecule has 0 unspecified atom stereocenters. The standard InChI is InChI=1S/C19H21FN2O5S/c1-28(25,26)18-12-16(22(23)24)5-6-17(18)21-13-19(7-9-27-10-8-19)14-3-2-4-15(20)11-14/h2-6,11-12,21H,7-10,13H2,1H3.